The van der Waals surface area contributed by atoms with Crippen LogP contribution in [0.5, 0.6) is 0 Å². The standard InChI is InChI=1S/C22H19ClN4O/c1-13-19-20(14-5-4-10-24-12-14)21-17(8-3-9-18(21)28)25-22(19)27(26-13)16-7-2-6-15(23)11-16/h2,4-7,10-12,20,25H,3,8-9H2,1H3/t20-/m0/s1. The summed E-state index contributed by atoms with van der Waals surface area (Å²) in [7, 11) is 0. The third kappa shape index (κ3) is 2.66. The largest absolute Gasteiger partial charge is 0.343 e. The molecule has 1 aromatic carbocycles. The molecule has 0 fully saturated rings. The van der Waals surface area contributed by atoms with Gasteiger partial charge < -0.3 is 5.32 Å². The number of allylic oxidation sites excluding steroid dienone is 2. The van der Waals surface area contributed by atoms with Crippen LogP contribution in [0, 0.1) is 6.92 Å². The molecular formula is C22H19ClN4O. The molecule has 3 aromatic rings. The summed E-state index contributed by atoms with van der Waals surface area (Å²) in [6, 6.07) is 11.6. The number of carbonyl (C=O) groups excluding carboxylic acids is 1. The zero-order chi connectivity index (χ0) is 19.3. The Bertz CT molecular complexity index is 1120. The van der Waals surface area contributed by atoms with Crippen molar-refractivity contribution in [2.45, 2.75) is 32.1 Å². The van der Waals surface area contributed by atoms with Crippen LogP contribution in [0.2, 0.25) is 5.02 Å². The molecule has 28 heavy (non-hydrogen) atoms. The van der Waals surface area contributed by atoms with Crippen LogP contribution in [0.1, 0.15) is 42.0 Å². The lowest BCUT2D eigenvalue weighted by Gasteiger charge is -2.32. The van der Waals surface area contributed by atoms with E-state index in [1.807, 2.05) is 54.2 Å². The maximum atomic E-state index is 12.9. The molecule has 1 aliphatic carbocycles. The zero-order valence-electron chi connectivity index (χ0n) is 15.4. The summed E-state index contributed by atoms with van der Waals surface area (Å²) in [6.45, 7) is 1.99. The number of nitrogens with zero attached hydrogens (tertiary/aromatic N) is 3. The van der Waals surface area contributed by atoms with Gasteiger partial charge >= 0.3 is 0 Å². The van der Waals surface area contributed by atoms with E-state index >= 15 is 0 Å². The summed E-state index contributed by atoms with van der Waals surface area (Å²) in [5, 5.41) is 8.99. The molecule has 5 nitrogen and oxygen atoms in total. The summed E-state index contributed by atoms with van der Waals surface area (Å²) >= 11 is 6.22. The minimum absolute atomic E-state index is 0.152. The quantitative estimate of drug-likeness (QED) is 0.683. The van der Waals surface area contributed by atoms with Gasteiger partial charge in [0.05, 0.1) is 11.4 Å². The number of aromatic nitrogens is 3. The Morgan fingerprint density at radius 2 is 2.11 bits per heavy atom. The molecule has 0 radical (unpaired) electrons. The van der Waals surface area contributed by atoms with E-state index in [9.17, 15) is 4.79 Å². The van der Waals surface area contributed by atoms with E-state index in [0.717, 1.165) is 52.4 Å². The minimum Gasteiger partial charge on any atom is -0.343 e. The fourth-order valence-corrected chi connectivity index (χ4v) is 4.48. The number of benzene rings is 1. The third-order valence-electron chi connectivity index (χ3n) is 5.48. The third-order valence-corrected chi connectivity index (χ3v) is 5.72. The SMILES string of the molecule is Cc1nn(-c2cccc(Cl)c2)c2c1[C@H](c1cccnc1)C1=C(CCCC1=O)N2. The first-order valence-corrected chi connectivity index (χ1v) is 9.80. The average Bonchev–Trinajstić information content (AvgIpc) is 3.04. The van der Waals surface area contributed by atoms with Crippen LogP contribution in [0.3, 0.4) is 0 Å². The number of halogens is 1. The van der Waals surface area contributed by atoms with Gasteiger partial charge in [0.1, 0.15) is 5.82 Å². The Kier molecular flexibility index (Phi) is 4.05. The Labute approximate surface area is 168 Å². The van der Waals surface area contributed by atoms with E-state index in [1.54, 1.807) is 6.20 Å². The summed E-state index contributed by atoms with van der Waals surface area (Å²) < 4.78 is 1.89. The van der Waals surface area contributed by atoms with Gasteiger partial charge in [0.2, 0.25) is 0 Å². The van der Waals surface area contributed by atoms with Gasteiger partial charge in [-0.3, -0.25) is 9.78 Å². The fraction of sp³-hybridized carbons (Fsp3) is 0.227. The number of pyridine rings is 1. The Balaban J connectivity index is 1.76. The van der Waals surface area contributed by atoms with Crippen molar-refractivity contribution in [3.8, 4) is 5.69 Å². The first-order valence-electron chi connectivity index (χ1n) is 9.42. The molecule has 1 aliphatic heterocycles. The number of nitrogens with one attached hydrogen (secondary N) is 1. The molecular weight excluding hydrogens is 372 g/mol. The van der Waals surface area contributed by atoms with Gasteiger partial charge in [-0.05, 0) is 49.6 Å². The number of carbonyl (C=O) groups is 1. The predicted octanol–water partition coefficient (Wildman–Crippen LogP) is 4.79. The molecule has 0 spiro atoms. The zero-order valence-corrected chi connectivity index (χ0v) is 16.2. The van der Waals surface area contributed by atoms with Crippen LogP contribution >= 0.6 is 11.6 Å². The van der Waals surface area contributed by atoms with Gasteiger partial charge in [0, 0.05) is 46.6 Å². The summed E-state index contributed by atoms with van der Waals surface area (Å²) in [5.74, 6) is 0.964. The normalized spacial score (nSPS) is 18.5. The maximum absolute atomic E-state index is 12.9. The number of Topliss-reactive ketones (excluding diaryl/α,β-unsaturated/α-hetero) is 1. The van der Waals surface area contributed by atoms with E-state index < -0.39 is 0 Å². The number of fused-ring (bicyclic) bond motifs is 1. The van der Waals surface area contributed by atoms with Gasteiger partial charge in [0.15, 0.2) is 5.78 Å². The topological polar surface area (TPSA) is 59.8 Å². The summed E-state index contributed by atoms with van der Waals surface area (Å²) in [5.41, 5.74) is 5.69. The van der Waals surface area contributed by atoms with Gasteiger partial charge in [0.25, 0.3) is 0 Å². The highest BCUT2D eigenvalue weighted by atomic mass is 35.5. The lowest BCUT2D eigenvalue weighted by molar-refractivity contribution is -0.116. The van der Waals surface area contributed by atoms with Crippen LogP contribution in [0.25, 0.3) is 5.69 Å². The van der Waals surface area contributed by atoms with Gasteiger partial charge in [-0.2, -0.15) is 5.10 Å². The lowest BCUT2D eigenvalue weighted by atomic mass is 9.76. The van der Waals surface area contributed by atoms with E-state index in [2.05, 4.69) is 10.3 Å². The van der Waals surface area contributed by atoms with Crippen molar-refractivity contribution in [3.05, 3.63) is 81.9 Å². The van der Waals surface area contributed by atoms with Crippen LogP contribution in [-0.2, 0) is 4.79 Å². The molecule has 0 saturated carbocycles. The van der Waals surface area contributed by atoms with Crippen molar-refractivity contribution in [1.29, 1.82) is 0 Å². The van der Waals surface area contributed by atoms with Crippen molar-refractivity contribution in [1.82, 2.24) is 14.8 Å². The highest BCUT2D eigenvalue weighted by molar-refractivity contribution is 6.30. The van der Waals surface area contributed by atoms with Crippen LogP contribution in [0.15, 0.2) is 60.1 Å². The van der Waals surface area contributed by atoms with E-state index in [-0.39, 0.29) is 11.7 Å². The number of anilines is 1. The predicted molar refractivity (Wildman–Crippen MR) is 109 cm³/mol. The minimum atomic E-state index is -0.152. The highest BCUT2D eigenvalue weighted by Crippen LogP contribution is 2.47. The van der Waals surface area contributed by atoms with E-state index in [4.69, 9.17) is 16.7 Å². The van der Waals surface area contributed by atoms with Gasteiger partial charge in [-0.25, -0.2) is 4.68 Å². The van der Waals surface area contributed by atoms with Crippen LogP contribution in [0.4, 0.5) is 5.82 Å². The second-order valence-corrected chi connectivity index (χ2v) is 7.69. The summed E-state index contributed by atoms with van der Waals surface area (Å²) in [4.78, 5) is 17.2. The van der Waals surface area contributed by atoms with Crippen molar-refractivity contribution >= 4 is 23.2 Å². The van der Waals surface area contributed by atoms with Crippen molar-refractivity contribution in [3.63, 3.8) is 0 Å². The van der Waals surface area contributed by atoms with Crippen molar-refractivity contribution in [2.75, 3.05) is 5.32 Å². The Morgan fingerprint density at radius 1 is 1.21 bits per heavy atom. The number of hydrogen-bond donors (Lipinski definition) is 1. The number of ketones is 1. The smallest absolute Gasteiger partial charge is 0.161 e. The molecule has 0 unspecified atom stereocenters. The molecule has 1 atom stereocenters. The molecule has 5 rings (SSSR count). The molecule has 3 heterocycles. The Hall–Kier alpha value is -2.92. The Morgan fingerprint density at radius 3 is 2.89 bits per heavy atom. The molecule has 2 aromatic heterocycles. The second-order valence-electron chi connectivity index (χ2n) is 7.25. The van der Waals surface area contributed by atoms with Gasteiger partial charge in [-0.1, -0.05) is 23.7 Å². The monoisotopic (exact) mass is 390 g/mol. The average molecular weight is 391 g/mol. The van der Waals surface area contributed by atoms with Crippen molar-refractivity contribution in [2.24, 2.45) is 0 Å². The lowest BCUT2D eigenvalue weighted by Crippen LogP contribution is -2.27. The molecule has 1 N–H and O–H groups in total. The number of aryl methyl sites for hydroxylation is 1. The summed E-state index contributed by atoms with van der Waals surface area (Å²) in [6.07, 6.45) is 5.92. The number of rotatable bonds is 2. The van der Waals surface area contributed by atoms with Gasteiger partial charge in [-0.15, -0.1) is 0 Å². The highest BCUT2D eigenvalue weighted by Gasteiger charge is 2.38. The molecule has 6 heteroatoms. The fourth-order valence-electron chi connectivity index (χ4n) is 4.30. The number of hydrogen-bond acceptors (Lipinski definition) is 4. The van der Waals surface area contributed by atoms with E-state index in [1.165, 1.54) is 0 Å². The molecule has 0 amide bonds. The van der Waals surface area contributed by atoms with Crippen LogP contribution in [-0.4, -0.2) is 20.5 Å². The first-order chi connectivity index (χ1) is 13.6. The molecule has 0 bridgehead atoms. The maximum Gasteiger partial charge on any atom is 0.161 e. The van der Waals surface area contributed by atoms with Crippen LogP contribution < -0.4 is 5.32 Å². The molecule has 0 saturated heterocycles. The molecule has 2 aliphatic rings. The second kappa shape index (κ2) is 6.60. The van der Waals surface area contributed by atoms with E-state index in [0.29, 0.717) is 11.4 Å². The molecule has 140 valence electrons. The van der Waals surface area contributed by atoms with Crippen molar-refractivity contribution < 1.29 is 4.79 Å². The first kappa shape index (κ1) is 17.2.